The molecule has 7 atom stereocenters. The first-order valence-electron chi connectivity index (χ1n) is 7.72. The van der Waals surface area contributed by atoms with Crippen molar-refractivity contribution in [3.8, 4) is 0 Å². The largest absolute Gasteiger partial charge is 0.374 e. The molecule has 0 aromatic carbocycles. The standard InChI is InChI=1S/C15H26O4/c1-4-9-12-11-8-15(3,6-7-17-16)14(19-11)13(12)10(5-2)18-9/h9-14,16H,4-8H2,1-3H3. The molecule has 3 aliphatic heterocycles. The molecule has 3 fully saturated rings. The molecule has 3 aliphatic rings. The summed E-state index contributed by atoms with van der Waals surface area (Å²) in [7, 11) is 0. The van der Waals surface area contributed by atoms with Crippen molar-refractivity contribution >= 4 is 0 Å². The van der Waals surface area contributed by atoms with Gasteiger partial charge < -0.3 is 9.47 Å². The van der Waals surface area contributed by atoms with Gasteiger partial charge in [0.25, 0.3) is 0 Å². The highest BCUT2D eigenvalue weighted by Crippen LogP contribution is 2.60. The fraction of sp³-hybridized carbons (Fsp3) is 1.00. The molecular weight excluding hydrogens is 244 g/mol. The lowest BCUT2D eigenvalue weighted by Gasteiger charge is -2.38. The first-order chi connectivity index (χ1) is 9.14. The van der Waals surface area contributed by atoms with E-state index in [1.165, 1.54) is 0 Å². The van der Waals surface area contributed by atoms with Crippen LogP contribution in [0.15, 0.2) is 0 Å². The SMILES string of the molecule is CCC1OC(CC)C2C1C1CC(C)(CCOO)C2O1. The summed E-state index contributed by atoms with van der Waals surface area (Å²) in [5, 5.41) is 8.61. The number of rotatable bonds is 5. The maximum absolute atomic E-state index is 8.61. The van der Waals surface area contributed by atoms with Gasteiger partial charge in [0.05, 0.1) is 31.0 Å². The third kappa shape index (κ3) is 1.96. The molecule has 4 heteroatoms. The van der Waals surface area contributed by atoms with Crippen molar-refractivity contribution in [2.45, 2.75) is 70.9 Å². The number of ether oxygens (including phenoxy) is 2. The Morgan fingerprint density at radius 3 is 2.47 bits per heavy atom. The van der Waals surface area contributed by atoms with Gasteiger partial charge in [-0.1, -0.05) is 20.8 Å². The molecule has 3 saturated heterocycles. The van der Waals surface area contributed by atoms with E-state index in [0.29, 0.717) is 36.8 Å². The second-order valence-electron chi connectivity index (χ2n) is 6.72. The highest BCUT2D eigenvalue weighted by Gasteiger charge is 2.65. The maximum Gasteiger partial charge on any atom is 0.0825 e. The lowest BCUT2D eigenvalue weighted by Crippen LogP contribution is -2.43. The Morgan fingerprint density at radius 1 is 1.16 bits per heavy atom. The fourth-order valence-electron chi connectivity index (χ4n) is 4.80. The van der Waals surface area contributed by atoms with E-state index < -0.39 is 0 Å². The van der Waals surface area contributed by atoms with Crippen molar-refractivity contribution in [2.24, 2.45) is 17.3 Å². The first kappa shape index (κ1) is 13.8. The molecule has 7 unspecified atom stereocenters. The van der Waals surface area contributed by atoms with Crippen LogP contribution in [0.2, 0.25) is 0 Å². The van der Waals surface area contributed by atoms with Crippen molar-refractivity contribution in [3.63, 3.8) is 0 Å². The Labute approximate surface area is 115 Å². The van der Waals surface area contributed by atoms with Gasteiger partial charge in [-0.25, -0.2) is 4.89 Å². The van der Waals surface area contributed by atoms with Crippen LogP contribution < -0.4 is 0 Å². The van der Waals surface area contributed by atoms with Crippen LogP contribution in [0.25, 0.3) is 0 Å². The summed E-state index contributed by atoms with van der Waals surface area (Å²) in [6.45, 7) is 7.10. The van der Waals surface area contributed by atoms with Gasteiger partial charge in [-0.2, -0.15) is 0 Å². The third-order valence-corrected chi connectivity index (χ3v) is 5.68. The van der Waals surface area contributed by atoms with Gasteiger partial charge in [0.2, 0.25) is 0 Å². The van der Waals surface area contributed by atoms with Crippen molar-refractivity contribution in [2.75, 3.05) is 6.61 Å². The monoisotopic (exact) mass is 270 g/mol. The van der Waals surface area contributed by atoms with Crippen molar-refractivity contribution < 1.29 is 19.6 Å². The molecule has 110 valence electrons. The van der Waals surface area contributed by atoms with Crippen LogP contribution in [0.1, 0.15) is 46.5 Å². The van der Waals surface area contributed by atoms with E-state index in [-0.39, 0.29) is 11.5 Å². The van der Waals surface area contributed by atoms with Crippen LogP contribution in [0.4, 0.5) is 0 Å². The minimum absolute atomic E-state index is 0.133. The summed E-state index contributed by atoms with van der Waals surface area (Å²) < 4.78 is 12.5. The van der Waals surface area contributed by atoms with Crippen LogP contribution in [0.5, 0.6) is 0 Å². The molecule has 3 heterocycles. The Kier molecular flexibility index (Phi) is 3.63. The third-order valence-electron chi connectivity index (χ3n) is 5.68. The summed E-state index contributed by atoms with van der Waals surface area (Å²) in [5.74, 6) is 1.13. The Balaban J connectivity index is 1.80. The van der Waals surface area contributed by atoms with Gasteiger partial charge in [-0.05, 0) is 31.1 Å². The van der Waals surface area contributed by atoms with Gasteiger partial charge in [-0.15, -0.1) is 0 Å². The minimum atomic E-state index is 0.133. The van der Waals surface area contributed by atoms with E-state index in [9.17, 15) is 0 Å². The molecule has 3 rings (SSSR count). The van der Waals surface area contributed by atoms with Crippen LogP contribution in [-0.4, -0.2) is 36.3 Å². The van der Waals surface area contributed by atoms with Crippen LogP contribution in [0.3, 0.4) is 0 Å². The summed E-state index contributed by atoms with van der Waals surface area (Å²) in [4.78, 5) is 4.30. The molecular formula is C15H26O4. The fourth-order valence-corrected chi connectivity index (χ4v) is 4.80. The number of hydrogen-bond donors (Lipinski definition) is 1. The van der Waals surface area contributed by atoms with Crippen LogP contribution in [-0.2, 0) is 14.4 Å². The van der Waals surface area contributed by atoms with Crippen LogP contribution >= 0.6 is 0 Å². The molecule has 0 spiro atoms. The highest BCUT2D eigenvalue weighted by molar-refractivity contribution is 5.12. The first-order valence-corrected chi connectivity index (χ1v) is 7.72. The lowest BCUT2D eigenvalue weighted by atomic mass is 9.63. The zero-order chi connectivity index (χ0) is 13.6. The minimum Gasteiger partial charge on any atom is -0.374 e. The van der Waals surface area contributed by atoms with E-state index in [1.54, 1.807) is 0 Å². The Hall–Kier alpha value is -0.160. The molecule has 19 heavy (non-hydrogen) atoms. The predicted molar refractivity (Wildman–Crippen MR) is 70.8 cm³/mol. The topological polar surface area (TPSA) is 47.9 Å². The van der Waals surface area contributed by atoms with E-state index in [4.69, 9.17) is 14.7 Å². The molecule has 0 amide bonds. The Bertz CT molecular complexity index is 334. The molecule has 2 bridgehead atoms. The van der Waals surface area contributed by atoms with Gasteiger partial charge >= 0.3 is 0 Å². The summed E-state index contributed by atoms with van der Waals surface area (Å²) in [6, 6.07) is 0. The van der Waals surface area contributed by atoms with Crippen molar-refractivity contribution in [1.82, 2.24) is 0 Å². The van der Waals surface area contributed by atoms with E-state index in [1.807, 2.05) is 0 Å². The molecule has 4 nitrogen and oxygen atoms in total. The van der Waals surface area contributed by atoms with E-state index in [0.717, 1.165) is 25.7 Å². The average molecular weight is 270 g/mol. The summed E-state index contributed by atoms with van der Waals surface area (Å²) in [6.07, 6.45) is 5.44. The molecule has 1 N–H and O–H groups in total. The predicted octanol–water partition coefficient (Wildman–Crippen LogP) is 2.86. The zero-order valence-corrected chi connectivity index (χ0v) is 12.2. The van der Waals surface area contributed by atoms with Gasteiger partial charge in [0.15, 0.2) is 0 Å². The van der Waals surface area contributed by atoms with Gasteiger partial charge in [0.1, 0.15) is 0 Å². The smallest absolute Gasteiger partial charge is 0.0825 e. The maximum atomic E-state index is 8.61. The van der Waals surface area contributed by atoms with E-state index >= 15 is 0 Å². The van der Waals surface area contributed by atoms with Gasteiger partial charge in [0, 0.05) is 11.8 Å². The van der Waals surface area contributed by atoms with Crippen molar-refractivity contribution in [1.29, 1.82) is 0 Å². The molecule has 0 radical (unpaired) electrons. The second-order valence-corrected chi connectivity index (χ2v) is 6.72. The average Bonchev–Trinajstić information content (AvgIpc) is 3.04. The van der Waals surface area contributed by atoms with E-state index in [2.05, 4.69) is 25.7 Å². The Morgan fingerprint density at radius 2 is 1.84 bits per heavy atom. The van der Waals surface area contributed by atoms with Crippen molar-refractivity contribution in [3.05, 3.63) is 0 Å². The number of hydrogen-bond acceptors (Lipinski definition) is 4. The van der Waals surface area contributed by atoms with Crippen LogP contribution in [0, 0.1) is 17.3 Å². The number of fused-ring (bicyclic) bond motifs is 5. The molecule has 0 aliphatic carbocycles. The quantitative estimate of drug-likeness (QED) is 0.616. The summed E-state index contributed by atoms with van der Waals surface area (Å²) >= 11 is 0. The summed E-state index contributed by atoms with van der Waals surface area (Å²) in [5.41, 5.74) is 0.133. The zero-order valence-electron chi connectivity index (χ0n) is 12.2. The normalized spacial score (nSPS) is 51.8. The van der Waals surface area contributed by atoms with Gasteiger partial charge in [-0.3, -0.25) is 5.26 Å². The molecule has 0 aromatic rings. The highest BCUT2D eigenvalue weighted by atomic mass is 17.1. The lowest BCUT2D eigenvalue weighted by molar-refractivity contribution is -0.247. The molecule has 0 saturated carbocycles. The molecule has 0 aromatic heterocycles. The second kappa shape index (κ2) is 4.99.